The molecule has 128 valence electrons. The van der Waals surface area contributed by atoms with Gasteiger partial charge in [-0.3, -0.25) is 5.32 Å². The minimum atomic E-state index is -0.120. The number of rotatable bonds is 2. The van der Waals surface area contributed by atoms with Gasteiger partial charge in [-0.05, 0) is 36.3 Å². The minimum absolute atomic E-state index is 0.118. The van der Waals surface area contributed by atoms with Crippen molar-refractivity contribution in [2.24, 2.45) is 0 Å². The number of carbonyl (C=O) groups excluding carboxylic acids is 1. The summed E-state index contributed by atoms with van der Waals surface area (Å²) in [6.45, 7) is 9.18. The van der Waals surface area contributed by atoms with Crippen LogP contribution in [0, 0.1) is 6.92 Å². The molecule has 1 atom stereocenters. The van der Waals surface area contributed by atoms with Gasteiger partial charge in [0.15, 0.2) is 5.82 Å². The van der Waals surface area contributed by atoms with Gasteiger partial charge in [0.05, 0.1) is 6.04 Å². The van der Waals surface area contributed by atoms with Crippen molar-refractivity contribution in [2.75, 3.05) is 11.9 Å². The highest BCUT2D eigenvalue weighted by atomic mass is 16.5. The van der Waals surface area contributed by atoms with E-state index in [4.69, 9.17) is 4.52 Å². The van der Waals surface area contributed by atoms with E-state index >= 15 is 0 Å². The second kappa shape index (κ2) is 6.30. The summed E-state index contributed by atoms with van der Waals surface area (Å²) < 4.78 is 5.00. The summed E-state index contributed by atoms with van der Waals surface area (Å²) in [6.07, 6.45) is 2.00. The molecule has 0 aliphatic carbocycles. The van der Waals surface area contributed by atoms with Gasteiger partial charge in [0.25, 0.3) is 0 Å². The van der Waals surface area contributed by atoms with Crippen molar-refractivity contribution in [2.45, 2.75) is 52.0 Å². The summed E-state index contributed by atoms with van der Waals surface area (Å²) in [5.41, 5.74) is 2.63. The van der Waals surface area contributed by atoms with Crippen molar-refractivity contribution in [3.63, 3.8) is 0 Å². The molecule has 1 N–H and O–H groups in total. The van der Waals surface area contributed by atoms with Crippen molar-refractivity contribution < 1.29 is 9.32 Å². The number of urea groups is 1. The summed E-state index contributed by atoms with van der Waals surface area (Å²) in [5.74, 6) is 1.15. The van der Waals surface area contributed by atoms with Gasteiger partial charge in [0.2, 0.25) is 0 Å². The van der Waals surface area contributed by atoms with Crippen LogP contribution < -0.4 is 5.32 Å². The minimum Gasteiger partial charge on any atom is -0.360 e. The normalized spacial score (nSPS) is 18.0. The standard InChI is InChI=1S/C19H25N3O2/c1-13-12-17(21-24-13)20-18(23)22-11-5-6-16(22)14-7-9-15(10-8-14)19(2,3)4/h7-10,12,16H,5-6,11H2,1-4H3,(H,20,21,23). The lowest BCUT2D eigenvalue weighted by Gasteiger charge is -2.26. The van der Waals surface area contributed by atoms with Crippen LogP contribution in [0.25, 0.3) is 0 Å². The molecule has 1 aromatic heterocycles. The average Bonchev–Trinajstić information content (AvgIpc) is 3.15. The van der Waals surface area contributed by atoms with Gasteiger partial charge in [-0.15, -0.1) is 0 Å². The number of benzene rings is 1. The third-order valence-corrected chi connectivity index (χ3v) is 4.54. The molecule has 1 aliphatic rings. The van der Waals surface area contributed by atoms with Crippen LogP contribution in [0.15, 0.2) is 34.9 Å². The maximum Gasteiger partial charge on any atom is 0.323 e. The molecule has 5 nitrogen and oxygen atoms in total. The average molecular weight is 327 g/mol. The molecule has 2 amide bonds. The lowest BCUT2D eigenvalue weighted by molar-refractivity contribution is 0.207. The molecule has 1 aromatic carbocycles. The summed E-state index contributed by atoms with van der Waals surface area (Å²) in [5, 5.41) is 6.65. The SMILES string of the molecule is Cc1cc(NC(=O)N2CCCC2c2ccc(C(C)(C)C)cc2)no1. The molecule has 2 aromatic rings. The highest BCUT2D eigenvalue weighted by Gasteiger charge is 2.30. The largest absolute Gasteiger partial charge is 0.360 e. The van der Waals surface area contributed by atoms with Gasteiger partial charge in [-0.2, -0.15) is 0 Å². The van der Waals surface area contributed by atoms with Crippen molar-refractivity contribution >= 4 is 11.8 Å². The lowest BCUT2D eigenvalue weighted by atomic mass is 9.86. The summed E-state index contributed by atoms with van der Waals surface area (Å²) >= 11 is 0. The number of anilines is 1. The number of nitrogens with one attached hydrogen (secondary N) is 1. The number of likely N-dealkylation sites (tertiary alicyclic amines) is 1. The predicted molar refractivity (Wildman–Crippen MR) is 94.1 cm³/mol. The Morgan fingerprint density at radius 3 is 2.58 bits per heavy atom. The predicted octanol–water partition coefficient (Wildman–Crippen LogP) is 4.65. The first kappa shape index (κ1) is 16.6. The second-order valence-electron chi connectivity index (χ2n) is 7.48. The molecule has 0 radical (unpaired) electrons. The number of aryl methyl sites for hydroxylation is 1. The third-order valence-electron chi connectivity index (χ3n) is 4.54. The molecule has 1 aliphatic heterocycles. The molecular formula is C19H25N3O2. The summed E-state index contributed by atoms with van der Waals surface area (Å²) in [6, 6.07) is 10.4. The van der Waals surface area contributed by atoms with Crippen molar-refractivity contribution in [1.29, 1.82) is 0 Å². The molecular weight excluding hydrogens is 302 g/mol. The number of aromatic nitrogens is 1. The molecule has 0 spiro atoms. The van der Waals surface area contributed by atoms with E-state index in [1.54, 1.807) is 13.0 Å². The van der Waals surface area contributed by atoms with Crippen LogP contribution in [0.2, 0.25) is 0 Å². The Hall–Kier alpha value is -2.30. The van der Waals surface area contributed by atoms with Crippen molar-refractivity contribution in [3.8, 4) is 0 Å². The number of nitrogens with zero attached hydrogens (tertiary/aromatic N) is 2. The van der Waals surface area contributed by atoms with Gasteiger partial charge >= 0.3 is 6.03 Å². The zero-order chi connectivity index (χ0) is 17.3. The van der Waals surface area contributed by atoms with Crippen LogP contribution in [-0.2, 0) is 5.41 Å². The topological polar surface area (TPSA) is 58.4 Å². The second-order valence-corrected chi connectivity index (χ2v) is 7.48. The Morgan fingerprint density at radius 2 is 2.00 bits per heavy atom. The maximum atomic E-state index is 12.6. The zero-order valence-corrected chi connectivity index (χ0v) is 14.8. The molecule has 2 heterocycles. The Bertz CT molecular complexity index is 713. The first-order chi connectivity index (χ1) is 11.3. The highest BCUT2D eigenvalue weighted by Crippen LogP contribution is 2.33. The Morgan fingerprint density at radius 1 is 1.29 bits per heavy atom. The lowest BCUT2D eigenvalue weighted by Crippen LogP contribution is -2.34. The molecule has 5 heteroatoms. The monoisotopic (exact) mass is 327 g/mol. The highest BCUT2D eigenvalue weighted by molar-refractivity contribution is 5.88. The molecule has 1 fully saturated rings. The first-order valence-corrected chi connectivity index (χ1v) is 8.46. The smallest absolute Gasteiger partial charge is 0.323 e. The molecule has 0 bridgehead atoms. The van der Waals surface area contributed by atoms with E-state index in [2.05, 4.69) is 55.5 Å². The quantitative estimate of drug-likeness (QED) is 0.873. The van der Waals surface area contributed by atoms with Crippen LogP contribution in [-0.4, -0.2) is 22.6 Å². The Balaban J connectivity index is 1.74. The molecule has 1 unspecified atom stereocenters. The van der Waals surface area contributed by atoms with E-state index in [1.165, 1.54) is 11.1 Å². The van der Waals surface area contributed by atoms with E-state index in [-0.39, 0.29) is 17.5 Å². The summed E-state index contributed by atoms with van der Waals surface area (Å²) in [4.78, 5) is 14.5. The third kappa shape index (κ3) is 3.45. The number of carbonyl (C=O) groups is 1. The van der Waals surface area contributed by atoms with Crippen molar-refractivity contribution in [3.05, 3.63) is 47.2 Å². The Kier molecular flexibility index (Phi) is 4.35. The van der Waals surface area contributed by atoms with E-state index in [0.29, 0.717) is 11.6 Å². The molecule has 0 saturated carbocycles. The molecule has 24 heavy (non-hydrogen) atoms. The first-order valence-electron chi connectivity index (χ1n) is 8.46. The van der Waals surface area contributed by atoms with Gasteiger partial charge in [0, 0.05) is 12.6 Å². The van der Waals surface area contributed by atoms with E-state index in [0.717, 1.165) is 19.4 Å². The number of amides is 2. The fourth-order valence-corrected chi connectivity index (χ4v) is 3.17. The van der Waals surface area contributed by atoms with Crippen molar-refractivity contribution in [1.82, 2.24) is 10.1 Å². The van der Waals surface area contributed by atoms with Gasteiger partial charge in [0.1, 0.15) is 5.76 Å². The number of hydrogen-bond donors (Lipinski definition) is 1. The van der Waals surface area contributed by atoms with Gasteiger partial charge in [-0.25, -0.2) is 4.79 Å². The fourth-order valence-electron chi connectivity index (χ4n) is 3.17. The zero-order valence-electron chi connectivity index (χ0n) is 14.8. The Labute approximate surface area is 143 Å². The van der Waals surface area contributed by atoms with Crippen LogP contribution in [0.5, 0.6) is 0 Å². The van der Waals surface area contributed by atoms with Crippen LogP contribution >= 0.6 is 0 Å². The van der Waals surface area contributed by atoms with E-state index < -0.39 is 0 Å². The maximum absolute atomic E-state index is 12.6. The van der Waals surface area contributed by atoms with E-state index in [1.807, 2.05) is 4.90 Å². The molecule has 1 saturated heterocycles. The summed E-state index contributed by atoms with van der Waals surface area (Å²) in [7, 11) is 0. The van der Waals surface area contributed by atoms with Gasteiger partial charge in [-0.1, -0.05) is 50.2 Å². The number of hydrogen-bond acceptors (Lipinski definition) is 3. The molecule has 3 rings (SSSR count). The van der Waals surface area contributed by atoms with Crippen LogP contribution in [0.3, 0.4) is 0 Å². The van der Waals surface area contributed by atoms with E-state index in [9.17, 15) is 4.79 Å². The van der Waals surface area contributed by atoms with Crippen LogP contribution in [0.4, 0.5) is 10.6 Å². The fraction of sp³-hybridized carbons (Fsp3) is 0.474. The van der Waals surface area contributed by atoms with Gasteiger partial charge < -0.3 is 9.42 Å². The van der Waals surface area contributed by atoms with Crippen LogP contribution in [0.1, 0.15) is 56.5 Å².